The Morgan fingerprint density at radius 1 is 1.23 bits per heavy atom. The molecule has 2 aliphatic heterocycles. The van der Waals surface area contributed by atoms with E-state index in [0.29, 0.717) is 38.2 Å². The second kappa shape index (κ2) is 9.57. The molecule has 1 aromatic heterocycles. The number of likely N-dealkylation sites (tertiary alicyclic amines) is 1. The van der Waals surface area contributed by atoms with Gasteiger partial charge in [0.05, 0.1) is 12.1 Å². The molecule has 2 atom stereocenters. The highest BCUT2D eigenvalue weighted by Gasteiger charge is 2.38. The van der Waals surface area contributed by atoms with Crippen LogP contribution < -0.4 is 10.6 Å². The lowest BCUT2D eigenvalue weighted by molar-refractivity contribution is -0.138. The van der Waals surface area contributed by atoms with Gasteiger partial charge in [-0.25, -0.2) is 4.39 Å². The van der Waals surface area contributed by atoms with Crippen LogP contribution in [0.1, 0.15) is 24.3 Å². The lowest BCUT2D eigenvalue weighted by Gasteiger charge is -2.34. The Kier molecular flexibility index (Phi) is 7.10. The number of hydrogen-bond donors (Lipinski definition) is 2. The van der Waals surface area contributed by atoms with Gasteiger partial charge in [0, 0.05) is 56.9 Å². The predicted octanol–water partition coefficient (Wildman–Crippen LogP) is 2.16. The van der Waals surface area contributed by atoms with Crippen LogP contribution in [0.4, 0.5) is 10.1 Å². The van der Waals surface area contributed by atoms with Crippen LogP contribution in [0, 0.1) is 17.7 Å². The van der Waals surface area contributed by atoms with Gasteiger partial charge in [-0.2, -0.15) is 5.10 Å². The van der Waals surface area contributed by atoms with Crippen LogP contribution in [0.15, 0.2) is 36.7 Å². The SMILES string of the molecule is Cl.Cn1cc([C@H]2CNC[C@@H]2C(=O)N2CCC(C(=O)Nc3cccc(F)c3)CC2)cn1. The Morgan fingerprint density at radius 2 is 2.00 bits per heavy atom. The number of nitrogens with one attached hydrogen (secondary N) is 2. The number of hydrogen-bond acceptors (Lipinski definition) is 4. The van der Waals surface area contributed by atoms with Crippen molar-refractivity contribution in [3.63, 3.8) is 0 Å². The molecule has 2 N–H and O–H groups in total. The lowest BCUT2D eigenvalue weighted by atomic mass is 9.88. The van der Waals surface area contributed by atoms with E-state index < -0.39 is 0 Å². The van der Waals surface area contributed by atoms with E-state index in [1.54, 1.807) is 16.8 Å². The molecule has 0 bridgehead atoms. The highest BCUT2D eigenvalue weighted by atomic mass is 35.5. The number of carbonyl (C=O) groups is 2. The molecule has 0 unspecified atom stereocenters. The molecule has 0 spiro atoms. The molecule has 2 aromatic rings. The van der Waals surface area contributed by atoms with E-state index in [9.17, 15) is 14.0 Å². The van der Waals surface area contributed by atoms with Crippen molar-refractivity contribution in [1.29, 1.82) is 0 Å². The molecular formula is C21H27ClFN5O2. The molecule has 162 valence electrons. The van der Waals surface area contributed by atoms with Gasteiger partial charge in [0.2, 0.25) is 11.8 Å². The van der Waals surface area contributed by atoms with Gasteiger partial charge in [-0.15, -0.1) is 12.4 Å². The van der Waals surface area contributed by atoms with E-state index in [-0.39, 0.29) is 47.8 Å². The average molecular weight is 436 g/mol. The average Bonchev–Trinajstić information content (AvgIpc) is 3.36. The molecule has 1 aromatic carbocycles. The zero-order valence-corrected chi connectivity index (χ0v) is 17.7. The Bertz CT molecular complexity index is 897. The monoisotopic (exact) mass is 435 g/mol. The third-order valence-electron chi connectivity index (χ3n) is 5.95. The molecule has 2 aliphatic rings. The van der Waals surface area contributed by atoms with E-state index in [1.165, 1.54) is 12.1 Å². The van der Waals surface area contributed by atoms with Crippen LogP contribution in [-0.4, -0.2) is 52.7 Å². The van der Waals surface area contributed by atoms with Crippen molar-refractivity contribution < 1.29 is 14.0 Å². The summed E-state index contributed by atoms with van der Waals surface area (Å²) in [5, 5.41) is 10.3. The van der Waals surface area contributed by atoms with E-state index in [0.717, 1.165) is 12.1 Å². The van der Waals surface area contributed by atoms with Gasteiger partial charge in [0.1, 0.15) is 5.82 Å². The number of carbonyl (C=O) groups excluding carboxylic acids is 2. The van der Waals surface area contributed by atoms with E-state index in [1.807, 2.05) is 24.3 Å². The Morgan fingerprint density at radius 3 is 2.67 bits per heavy atom. The van der Waals surface area contributed by atoms with Gasteiger partial charge in [0.25, 0.3) is 0 Å². The second-order valence-corrected chi connectivity index (χ2v) is 7.92. The standard InChI is InChI=1S/C21H26FN5O2.ClH/c1-26-13-15(10-24-26)18-11-23-12-19(18)21(29)27-7-5-14(6-8-27)20(28)25-17-4-2-3-16(22)9-17;/h2-4,9-10,13-14,18-19,23H,5-8,11-12H2,1H3,(H,25,28);1H/t18-,19+;/m1./s1. The van der Waals surface area contributed by atoms with Crippen LogP contribution in [0.2, 0.25) is 0 Å². The van der Waals surface area contributed by atoms with Crippen molar-refractivity contribution in [2.24, 2.45) is 18.9 Å². The summed E-state index contributed by atoms with van der Waals surface area (Å²) in [6, 6.07) is 5.89. The number of anilines is 1. The summed E-state index contributed by atoms with van der Waals surface area (Å²) in [7, 11) is 1.88. The number of halogens is 2. The molecule has 2 saturated heterocycles. The number of benzene rings is 1. The van der Waals surface area contributed by atoms with Crippen molar-refractivity contribution in [3.8, 4) is 0 Å². The molecule has 9 heteroatoms. The van der Waals surface area contributed by atoms with Crippen LogP contribution >= 0.6 is 12.4 Å². The quantitative estimate of drug-likeness (QED) is 0.771. The van der Waals surface area contributed by atoms with Crippen molar-refractivity contribution >= 4 is 29.9 Å². The first-order valence-electron chi connectivity index (χ1n) is 10.1. The number of nitrogens with zero attached hydrogens (tertiary/aromatic N) is 3. The first kappa shape index (κ1) is 22.2. The number of amides is 2. The van der Waals surface area contributed by atoms with Crippen molar-refractivity contribution in [2.75, 3.05) is 31.5 Å². The summed E-state index contributed by atoms with van der Waals surface area (Å²) in [5.41, 5.74) is 1.55. The largest absolute Gasteiger partial charge is 0.342 e. The normalized spacial score (nSPS) is 21.9. The molecule has 0 radical (unpaired) electrons. The molecule has 3 heterocycles. The molecule has 0 saturated carbocycles. The molecule has 2 amide bonds. The van der Waals surface area contributed by atoms with E-state index in [2.05, 4.69) is 15.7 Å². The van der Waals surface area contributed by atoms with E-state index >= 15 is 0 Å². The van der Waals surface area contributed by atoms with E-state index in [4.69, 9.17) is 0 Å². The van der Waals surface area contributed by atoms with Gasteiger partial charge >= 0.3 is 0 Å². The predicted molar refractivity (Wildman–Crippen MR) is 114 cm³/mol. The highest BCUT2D eigenvalue weighted by Crippen LogP contribution is 2.31. The van der Waals surface area contributed by atoms with Gasteiger partial charge < -0.3 is 15.5 Å². The zero-order chi connectivity index (χ0) is 20.4. The zero-order valence-electron chi connectivity index (χ0n) is 16.9. The van der Waals surface area contributed by atoms with Gasteiger partial charge in [0.15, 0.2) is 0 Å². The molecule has 2 fully saturated rings. The second-order valence-electron chi connectivity index (χ2n) is 7.92. The molecule has 7 nitrogen and oxygen atoms in total. The lowest BCUT2D eigenvalue weighted by Crippen LogP contribution is -2.45. The molecular weight excluding hydrogens is 409 g/mol. The van der Waals surface area contributed by atoms with Crippen molar-refractivity contribution in [2.45, 2.75) is 18.8 Å². The highest BCUT2D eigenvalue weighted by molar-refractivity contribution is 5.92. The molecule has 0 aliphatic carbocycles. The number of piperidine rings is 1. The summed E-state index contributed by atoms with van der Waals surface area (Å²) in [6.45, 7) is 2.57. The third-order valence-corrected chi connectivity index (χ3v) is 5.95. The maximum Gasteiger partial charge on any atom is 0.227 e. The Hall–Kier alpha value is -2.45. The fraction of sp³-hybridized carbons (Fsp3) is 0.476. The Balaban J connectivity index is 0.00000256. The van der Waals surface area contributed by atoms with Crippen LogP contribution in [0.5, 0.6) is 0 Å². The summed E-state index contributed by atoms with van der Waals surface area (Å²) in [4.78, 5) is 27.5. The molecule has 4 rings (SSSR count). The number of aromatic nitrogens is 2. The minimum atomic E-state index is -0.378. The van der Waals surface area contributed by atoms with Gasteiger partial charge in [-0.05, 0) is 36.6 Å². The minimum absolute atomic E-state index is 0. The Labute approximate surface area is 181 Å². The first-order valence-corrected chi connectivity index (χ1v) is 10.1. The minimum Gasteiger partial charge on any atom is -0.342 e. The van der Waals surface area contributed by atoms with Crippen LogP contribution in [0.25, 0.3) is 0 Å². The van der Waals surface area contributed by atoms with Crippen LogP contribution in [0.3, 0.4) is 0 Å². The smallest absolute Gasteiger partial charge is 0.227 e. The van der Waals surface area contributed by atoms with Gasteiger partial charge in [-0.3, -0.25) is 14.3 Å². The first-order chi connectivity index (χ1) is 14.0. The number of rotatable bonds is 4. The van der Waals surface area contributed by atoms with Crippen molar-refractivity contribution in [3.05, 3.63) is 48.0 Å². The molecule has 30 heavy (non-hydrogen) atoms. The third kappa shape index (κ3) is 4.82. The summed E-state index contributed by atoms with van der Waals surface area (Å²) < 4.78 is 15.1. The van der Waals surface area contributed by atoms with Crippen LogP contribution in [-0.2, 0) is 16.6 Å². The fourth-order valence-electron chi connectivity index (χ4n) is 4.33. The summed E-state index contributed by atoms with van der Waals surface area (Å²) in [6.07, 6.45) is 5.04. The number of aryl methyl sites for hydroxylation is 1. The maximum atomic E-state index is 13.3. The van der Waals surface area contributed by atoms with Crippen molar-refractivity contribution in [1.82, 2.24) is 20.0 Å². The fourth-order valence-corrected chi connectivity index (χ4v) is 4.33. The summed E-state index contributed by atoms with van der Waals surface area (Å²) >= 11 is 0. The topological polar surface area (TPSA) is 79.3 Å². The maximum absolute atomic E-state index is 13.3. The van der Waals surface area contributed by atoms with Gasteiger partial charge in [-0.1, -0.05) is 6.07 Å². The summed E-state index contributed by atoms with van der Waals surface area (Å²) in [5.74, 6) is -0.483.